The number of methoxy groups -OCH3 is 1. The Morgan fingerprint density at radius 1 is 1.20 bits per heavy atom. The summed E-state index contributed by atoms with van der Waals surface area (Å²) in [6.45, 7) is 3.03. The van der Waals surface area contributed by atoms with Gasteiger partial charge in [-0.3, -0.25) is 4.79 Å². The minimum atomic E-state index is -3.52. The fourth-order valence-electron chi connectivity index (χ4n) is 2.98. The second-order valence-corrected chi connectivity index (χ2v) is 8.93. The molecular weight excluding hydrogens is 436 g/mol. The van der Waals surface area contributed by atoms with Gasteiger partial charge in [0, 0.05) is 26.0 Å². The zero-order valence-corrected chi connectivity index (χ0v) is 18.9. The molecule has 1 heterocycles. The van der Waals surface area contributed by atoms with Crippen LogP contribution in [0.5, 0.6) is 5.88 Å². The van der Waals surface area contributed by atoms with Gasteiger partial charge in [-0.1, -0.05) is 11.6 Å². The molecule has 0 radical (unpaired) electrons. The van der Waals surface area contributed by atoms with Crippen LogP contribution in [0.25, 0.3) is 0 Å². The molecule has 0 fully saturated rings. The van der Waals surface area contributed by atoms with Crippen molar-refractivity contribution < 1.29 is 32.2 Å². The maximum atomic E-state index is 13.1. The second kappa shape index (κ2) is 9.59. The quantitative estimate of drug-likeness (QED) is 0.318. The molecule has 0 spiro atoms. The maximum Gasteiger partial charge on any atom is 0.344 e. The van der Waals surface area contributed by atoms with Crippen molar-refractivity contribution in [2.24, 2.45) is 7.05 Å². The van der Waals surface area contributed by atoms with Gasteiger partial charge < -0.3 is 14.2 Å². The van der Waals surface area contributed by atoms with E-state index in [4.69, 9.17) is 25.8 Å². The molecule has 9 nitrogen and oxygen atoms in total. The van der Waals surface area contributed by atoms with Gasteiger partial charge in [0.2, 0.25) is 11.7 Å². The molecule has 164 valence electrons. The molecule has 0 aliphatic carbocycles. The first-order chi connectivity index (χ1) is 14.0. The van der Waals surface area contributed by atoms with E-state index in [1.54, 1.807) is 20.9 Å². The summed E-state index contributed by atoms with van der Waals surface area (Å²) >= 11 is 6.34. The average Bonchev–Trinajstić information content (AvgIpc) is 3.02. The van der Waals surface area contributed by atoms with E-state index >= 15 is 0 Å². The lowest BCUT2D eigenvalue weighted by molar-refractivity contribution is -0.147. The number of ether oxygens (including phenoxy) is 3. The van der Waals surface area contributed by atoms with Crippen molar-refractivity contribution in [3.63, 3.8) is 0 Å². The number of nitrogens with zero attached hydrogens (tertiary/aromatic N) is 2. The van der Waals surface area contributed by atoms with E-state index in [-0.39, 0.29) is 45.7 Å². The molecule has 2 rings (SSSR count). The Bertz CT molecular complexity index is 1080. The summed E-state index contributed by atoms with van der Waals surface area (Å²) in [6, 6.07) is 1.42. The first-order valence-electron chi connectivity index (χ1n) is 8.82. The van der Waals surface area contributed by atoms with Gasteiger partial charge in [0.1, 0.15) is 12.2 Å². The van der Waals surface area contributed by atoms with Crippen molar-refractivity contribution in [2.45, 2.75) is 18.7 Å². The molecule has 0 unspecified atom stereocenters. The maximum absolute atomic E-state index is 13.1. The standard InChI is InChI=1S/C19H23ClN2O7S/c1-11-8-13(16(20)12(2)18(11)30(5,25)26)17(24)14-9-21-22(3)19(14)29-10-15(23)28-7-6-27-4/h8-9H,6-7,10H2,1-5H3. The number of sulfone groups is 1. The Labute approximate surface area is 179 Å². The molecule has 11 heteroatoms. The van der Waals surface area contributed by atoms with Crippen molar-refractivity contribution in [3.05, 3.63) is 39.5 Å². The summed E-state index contributed by atoms with van der Waals surface area (Å²) < 4.78 is 40.6. The number of hydrogen-bond acceptors (Lipinski definition) is 8. The van der Waals surface area contributed by atoms with Crippen LogP contribution in [0.4, 0.5) is 0 Å². The predicted molar refractivity (Wildman–Crippen MR) is 109 cm³/mol. The van der Waals surface area contributed by atoms with Gasteiger partial charge in [0.25, 0.3) is 0 Å². The summed E-state index contributed by atoms with van der Waals surface area (Å²) in [5.74, 6) is -1.08. The highest BCUT2D eigenvalue weighted by Gasteiger charge is 2.26. The third-order valence-corrected chi connectivity index (χ3v) is 6.10. The van der Waals surface area contributed by atoms with Crippen LogP contribution in [0.3, 0.4) is 0 Å². The van der Waals surface area contributed by atoms with Gasteiger partial charge in [-0.15, -0.1) is 0 Å². The number of aryl methyl sites for hydroxylation is 2. The van der Waals surface area contributed by atoms with Gasteiger partial charge in [-0.05, 0) is 31.0 Å². The summed E-state index contributed by atoms with van der Waals surface area (Å²) in [5.41, 5.74) is 0.876. The van der Waals surface area contributed by atoms with Crippen LogP contribution >= 0.6 is 11.6 Å². The van der Waals surface area contributed by atoms with Crippen molar-refractivity contribution >= 4 is 33.2 Å². The monoisotopic (exact) mass is 458 g/mol. The molecule has 1 aromatic heterocycles. The zero-order valence-electron chi connectivity index (χ0n) is 17.3. The van der Waals surface area contributed by atoms with E-state index in [1.165, 1.54) is 24.1 Å². The number of aromatic nitrogens is 2. The van der Waals surface area contributed by atoms with Crippen LogP contribution < -0.4 is 4.74 Å². The predicted octanol–water partition coefficient (Wildman–Crippen LogP) is 1.89. The van der Waals surface area contributed by atoms with E-state index in [9.17, 15) is 18.0 Å². The van der Waals surface area contributed by atoms with Crippen LogP contribution in [0, 0.1) is 13.8 Å². The Morgan fingerprint density at radius 3 is 2.47 bits per heavy atom. The summed E-state index contributed by atoms with van der Waals surface area (Å²) in [6.07, 6.45) is 2.37. The number of ketones is 1. The third-order valence-electron chi connectivity index (χ3n) is 4.25. The van der Waals surface area contributed by atoms with Crippen molar-refractivity contribution in [3.8, 4) is 5.88 Å². The van der Waals surface area contributed by atoms with Crippen LogP contribution in [0.2, 0.25) is 5.02 Å². The highest BCUT2D eigenvalue weighted by molar-refractivity contribution is 7.90. The topological polar surface area (TPSA) is 114 Å². The average molecular weight is 459 g/mol. The molecule has 2 aromatic rings. The largest absolute Gasteiger partial charge is 0.465 e. The summed E-state index contributed by atoms with van der Waals surface area (Å²) in [4.78, 5) is 25.0. The molecular formula is C19H23ClN2O7S. The fraction of sp³-hybridized carbons (Fsp3) is 0.421. The van der Waals surface area contributed by atoms with E-state index < -0.39 is 28.2 Å². The molecule has 30 heavy (non-hydrogen) atoms. The van der Waals surface area contributed by atoms with Crippen molar-refractivity contribution in [1.29, 1.82) is 0 Å². The first-order valence-corrected chi connectivity index (χ1v) is 11.1. The van der Waals surface area contributed by atoms with Crippen LogP contribution in [-0.4, -0.2) is 63.1 Å². The molecule has 0 saturated carbocycles. The van der Waals surface area contributed by atoms with E-state index in [0.717, 1.165) is 6.26 Å². The van der Waals surface area contributed by atoms with E-state index in [2.05, 4.69) is 5.10 Å². The smallest absolute Gasteiger partial charge is 0.344 e. The van der Waals surface area contributed by atoms with Crippen LogP contribution in [0.15, 0.2) is 17.2 Å². The Balaban J connectivity index is 2.34. The van der Waals surface area contributed by atoms with Gasteiger partial charge in [-0.2, -0.15) is 5.10 Å². The number of carbonyl (C=O) groups is 2. The van der Waals surface area contributed by atoms with E-state index in [0.29, 0.717) is 5.56 Å². The Morgan fingerprint density at radius 2 is 1.87 bits per heavy atom. The van der Waals surface area contributed by atoms with Gasteiger partial charge in [-0.25, -0.2) is 17.9 Å². The minimum absolute atomic E-state index is 0.0276. The number of esters is 1. The normalized spacial score (nSPS) is 11.4. The summed E-state index contributed by atoms with van der Waals surface area (Å²) in [5, 5.41) is 4.04. The molecule has 0 saturated heterocycles. The number of hydrogen-bond donors (Lipinski definition) is 0. The van der Waals surface area contributed by atoms with Crippen molar-refractivity contribution in [1.82, 2.24) is 9.78 Å². The van der Waals surface area contributed by atoms with Gasteiger partial charge in [0.05, 0.1) is 22.7 Å². The molecule has 0 aliphatic rings. The molecule has 1 aromatic carbocycles. The molecule has 0 bridgehead atoms. The second-order valence-electron chi connectivity index (χ2n) is 6.60. The Hall–Kier alpha value is -2.43. The molecule has 0 amide bonds. The van der Waals surface area contributed by atoms with Crippen molar-refractivity contribution in [2.75, 3.05) is 33.2 Å². The highest BCUT2D eigenvalue weighted by Crippen LogP contribution is 2.33. The lowest BCUT2D eigenvalue weighted by Gasteiger charge is -2.14. The third kappa shape index (κ3) is 5.18. The number of halogens is 1. The van der Waals surface area contributed by atoms with Crippen LogP contribution in [-0.2, 0) is 31.2 Å². The highest BCUT2D eigenvalue weighted by atomic mass is 35.5. The number of benzene rings is 1. The molecule has 0 atom stereocenters. The van der Waals surface area contributed by atoms with Gasteiger partial charge >= 0.3 is 5.97 Å². The first kappa shape index (κ1) is 23.8. The lowest BCUT2D eigenvalue weighted by Crippen LogP contribution is -2.19. The minimum Gasteiger partial charge on any atom is -0.465 e. The fourth-order valence-corrected chi connectivity index (χ4v) is 4.58. The van der Waals surface area contributed by atoms with E-state index in [1.807, 2.05) is 0 Å². The van der Waals surface area contributed by atoms with Crippen LogP contribution in [0.1, 0.15) is 27.0 Å². The molecule has 0 aliphatic heterocycles. The SMILES string of the molecule is COCCOC(=O)COc1c(C(=O)c2cc(C)c(S(C)(=O)=O)c(C)c2Cl)cnn1C. The molecule has 0 N–H and O–H groups in total. The Kier molecular flexibility index (Phi) is 7.62. The number of carbonyl (C=O) groups excluding carboxylic acids is 2. The summed E-state index contributed by atoms with van der Waals surface area (Å²) in [7, 11) is -0.493. The van der Waals surface area contributed by atoms with Gasteiger partial charge in [0.15, 0.2) is 16.4 Å². The number of rotatable bonds is 9. The lowest BCUT2D eigenvalue weighted by atomic mass is 10.0. The zero-order chi connectivity index (χ0) is 22.6.